The molecule has 0 bridgehead atoms. The third kappa shape index (κ3) is 6.05. The van der Waals surface area contributed by atoms with Gasteiger partial charge >= 0.3 is 0 Å². The topological polar surface area (TPSA) is 64.4 Å². The molecule has 0 fully saturated rings. The Bertz CT molecular complexity index is 550. The highest BCUT2D eigenvalue weighted by molar-refractivity contribution is 5.91. The Morgan fingerprint density at radius 1 is 1.33 bits per heavy atom. The van der Waals surface area contributed by atoms with Crippen molar-refractivity contribution in [2.45, 2.75) is 13.0 Å². The predicted octanol–water partition coefficient (Wildman–Crippen LogP) is 2.41. The van der Waals surface area contributed by atoms with Crippen molar-refractivity contribution >= 4 is 12.0 Å². The summed E-state index contributed by atoms with van der Waals surface area (Å²) in [5, 5.41) is 2.79. The first-order valence-corrected chi connectivity index (χ1v) is 6.81. The van der Waals surface area contributed by atoms with E-state index in [9.17, 15) is 4.79 Å². The minimum atomic E-state index is -0.133. The zero-order valence-corrected chi connectivity index (χ0v) is 11.7. The number of hydrogen-bond donors (Lipinski definition) is 1. The van der Waals surface area contributed by atoms with Crippen LogP contribution in [0.3, 0.4) is 0 Å². The molecule has 2 aromatic heterocycles. The number of carbonyl (C=O) groups is 1. The number of carbonyl (C=O) groups excluding carboxylic acids is 1. The van der Waals surface area contributed by atoms with Crippen molar-refractivity contribution in [3.63, 3.8) is 0 Å². The van der Waals surface area contributed by atoms with Crippen molar-refractivity contribution in [1.82, 2.24) is 10.3 Å². The Morgan fingerprint density at radius 2 is 2.29 bits per heavy atom. The van der Waals surface area contributed by atoms with Gasteiger partial charge in [-0.1, -0.05) is 6.07 Å². The number of nitrogens with zero attached hydrogens (tertiary/aromatic N) is 1. The van der Waals surface area contributed by atoms with E-state index in [-0.39, 0.29) is 5.91 Å². The SMILES string of the molecule is O=C(/C=C/c1ccccn1)NCCCOCc1ccco1. The molecule has 0 spiro atoms. The van der Waals surface area contributed by atoms with Crippen LogP contribution in [0.5, 0.6) is 0 Å². The molecule has 2 aromatic rings. The van der Waals surface area contributed by atoms with Crippen LogP contribution in [0.4, 0.5) is 0 Å². The molecular formula is C16H18N2O3. The van der Waals surface area contributed by atoms with Crippen molar-refractivity contribution in [3.05, 3.63) is 60.3 Å². The molecule has 0 unspecified atom stereocenters. The molecule has 5 nitrogen and oxygen atoms in total. The molecule has 1 amide bonds. The molecule has 0 atom stereocenters. The average molecular weight is 286 g/mol. The molecule has 0 aliphatic carbocycles. The summed E-state index contributed by atoms with van der Waals surface area (Å²) in [6, 6.07) is 9.24. The van der Waals surface area contributed by atoms with E-state index in [1.165, 1.54) is 6.08 Å². The van der Waals surface area contributed by atoms with Gasteiger partial charge in [0.1, 0.15) is 12.4 Å². The lowest BCUT2D eigenvalue weighted by molar-refractivity contribution is -0.116. The number of ether oxygens (including phenoxy) is 1. The van der Waals surface area contributed by atoms with Crippen molar-refractivity contribution in [3.8, 4) is 0 Å². The number of furan rings is 1. The van der Waals surface area contributed by atoms with Gasteiger partial charge in [-0.05, 0) is 36.8 Å². The molecule has 2 heterocycles. The Labute approximate surface area is 123 Å². The Morgan fingerprint density at radius 3 is 3.05 bits per heavy atom. The average Bonchev–Trinajstić information content (AvgIpc) is 3.03. The summed E-state index contributed by atoms with van der Waals surface area (Å²) in [5.74, 6) is 0.670. The molecule has 21 heavy (non-hydrogen) atoms. The Hall–Kier alpha value is -2.40. The molecule has 0 saturated heterocycles. The maximum absolute atomic E-state index is 11.6. The van der Waals surface area contributed by atoms with E-state index in [4.69, 9.17) is 9.15 Å². The standard InChI is InChI=1S/C16H18N2O3/c19-16(8-7-14-5-1-2-9-17-14)18-10-4-11-20-13-15-6-3-12-21-15/h1-3,5-9,12H,4,10-11,13H2,(H,18,19)/b8-7+. The van der Waals surface area contributed by atoms with Crippen LogP contribution in [-0.2, 0) is 16.1 Å². The molecule has 0 saturated carbocycles. The van der Waals surface area contributed by atoms with Crippen LogP contribution >= 0.6 is 0 Å². The first-order valence-electron chi connectivity index (χ1n) is 6.81. The van der Waals surface area contributed by atoms with Gasteiger partial charge in [-0.2, -0.15) is 0 Å². The Kier molecular flexibility index (Phi) is 6.22. The molecule has 0 radical (unpaired) electrons. The van der Waals surface area contributed by atoms with E-state index in [1.54, 1.807) is 18.5 Å². The molecule has 110 valence electrons. The zero-order chi connectivity index (χ0) is 14.8. The second kappa shape index (κ2) is 8.71. The summed E-state index contributed by atoms with van der Waals surface area (Å²) in [4.78, 5) is 15.7. The third-order valence-electron chi connectivity index (χ3n) is 2.68. The molecule has 1 N–H and O–H groups in total. The van der Waals surface area contributed by atoms with Gasteiger partial charge in [-0.25, -0.2) is 0 Å². The molecular weight excluding hydrogens is 268 g/mol. The minimum absolute atomic E-state index is 0.133. The van der Waals surface area contributed by atoms with E-state index in [0.29, 0.717) is 19.8 Å². The highest BCUT2D eigenvalue weighted by Gasteiger charge is 1.97. The van der Waals surface area contributed by atoms with E-state index in [1.807, 2.05) is 30.3 Å². The van der Waals surface area contributed by atoms with E-state index < -0.39 is 0 Å². The number of rotatable bonds is 8. The number of hydrogen-bond acceptors (Lipinski definition) is 4. The fourth-order valence-electron chi connectivity index (χ4n) is 1.65. The summed E-state index contributed by atoms with van der Waals surface area (Å²) in [6.07, 6.45) is 7.22. The molecule has 0 aliphatic heterocycles. The zero-order valence-electron chi connectivity index (χ0n) is 11.7. The van der Waals surface area contributed by atoms with E-state index in [0.717, 1.165) is 17.9 Å². The van der Waals surface area contributed by atoms with Gasteiger partial charge in [0.2, 0.25) is 5.91 Å². The van der Waals surface area contributed by atoms with Crippen LogP contribution in [0.1, 0.15) is 17.9 Å². The first-order chi connectivity index (χ1) is 10.3. The van der Waals surface area contributed by atoms with E-state index >= 15 is 0 Å². The van der Waals surface area contributed by atoms with Crippen LogP contribution in [0, 0.1) is 0 Å². The predicted molar refractivity (Wildman–Crippen MR) is 79.3 cm³/mol. The lowest BCUT2D eigenvalue weighted by atomic mass is 10.3. The van der Waals surface area contributed by atoms with Gasteiger partial charge in [0.25, 0.3) is 0 Å². The first kappa shape index (κ1) is 15.0. The van der Waals surface area contributed by atoms with Gasteiger partial charge in [-0.3, -0.25) is 9.78 Å². The summed E-state index contributed by atoms with van der Waals surface area (Å²) in [7, 11) is 0. The number of amides is 1. The molecule has 0 aromatic carbocycles. The van der Waals surface area contributed by atoms with Crippen molar-refractivity contribution in [2.75, 3.05) is 13.2 Å². The normalized spacial score (nSPS) is 10.9. The second-order valence-electron chi connectivity index (χ2n) is 4.36. The largest absolute Gasteiger partial charge is 0.467 e. The summed E-state index contributed by atoms with van der Waals surface area (Å²) in [6.45, 7) is 1.61. The second-order valence-corrected chi connectivity index (χ2v) is 4.36. The van der Waals surface area contributed by atoms with Crippen molar-refractivity contribution < 1.29 is 13.9 Å². The highest BCUT2D eigenvalue weighted by Crippen LogP contribution is 2.01. The van der Waals surface area contributed by atoms with Crippen LogP contribution < -0.4 is 5.32 Å². The maximum atomic E-state index is 11.6. The van der Waals surface area contributed by atoms with Gasteiger partial charge in [0, 0.05) is 25.4 Å². The highest BCUT2D eigenvalue weighted by atomic mass is 16.5. The summed E-state index contributed by atoms with van der Waals surface area (Å²) in [5.41, 5.74) is 0.759. The number of pyridine rings is 1. The van der Waals surface area contributed by atoms with Gasteiger partial charge in [-0.15, -0.1) is 0 Å². The van der Waals surface area contributed by atoms with Gasteiger partial charge < -0.3 is 14.5 Å². The van der Waals surface area contributed by atoms with Crippen LogP contribution in [0.15, 0.2) is 53.3 Å². The minimum Gasteiger partial charge on any atom is -0.467 e. The number of aromatic nitrogens is 1. The quantitative estimate of drug-likeness (QED) is 0.598. The van der Waals surface area contributed by atoms with Crippen molar-refractivity contribution in [1.29, 1.82) is 0 Å². The lowest BCUT2D eigenvalue weighted by Crippen LogP contribution is -2.23. The van der Waals surface area contributed by atoms with Gasteiger partial charge in [0.15, 0.2) is 0 Å². The van der Waals surface area contributed by atoms with Crippen LogP contribution in [0.25, 0.3) is 6.08 Å². The Balaban J connectivity index is 1.54. The summed E-state index contributed by atoms with van der Waals surface area (Å²) < 4.78 is 10.6. The summed E-state index contributed by atoms with van der Waals surface area (Å²) >= 11 is 0. The maximum Gasteiger partial charge on any atom is 0.244 e. The monoisotopic (exact) mass is 286 g/mol. The van der Waals surface area contributed by atoms with Crippen LogP contribution in [0.2, 0.25) is 0 Å². The smallest absolute Gasteiger partial charge is 0.244 e. The molecule has 0 aliphatic rings. The van der Waals surface area contributed by atoms with Crippen LogP contribution in [-0.4, -0.2) is 24.0 Å². The fraction of sp³-hybridized carbons (Fsp3) is 0.250. The van der Waals surface area contributed by atoms with Gasteiger partial charge in [0.05, 0.1) is 12.0 Å². The molecule has 5 heteroatoms. The van der Waals surface area contributed by atoms with E-state index in [2.05, 4.69) is 10.3 Å². The van der Waals surface area contributed by atoms with Crippen molar-refractivity contribution in [2.24, 2.45) is 0 Å². The lowest BCUT2D eigenvalue weighted by Gasteiger charge is -2.03. The number of nitrogens with one attached hydrogen (secondary N) is 1. The fourth-order valence-corrected chi connectivity index (χ4v) is 1.65. The molecule has 2 rings (SSSR count). The third-order valence-corrected chi connectivity index (χ3v) is 2.68.